The highest BCUT2D eigenvalue weighted by atomic mass is 16.8. The highest BCUT2D eigenvalue weighted by molar-refractivity contribution is 5.78. The first-order valence-electron chi connectivity index (χ1n) is 32.9. The van der Waals surface area contributed by atoms with Gasteiger partial charge in [0, 0.05) is 20.3 Å². The lowest BCUT2D eigenvalue weighted by Gasteiger charge is -2.51. The molecule has 105 heavy (non-hydrogen) atoms. The molecule has 0 bridgehead atoms. The largest absolute Gasteiger partial charge is 0.477 e. The minimum Gasteiger partial charge on any atom is -0.477 e. The molecule has 610 valence electrons. The summed E-state index contributed by atoms with van der Waals surface area (Å²) in [5.74, 6) is -8.73. The fourth-order valence-corrected chi connectivity index (χ4v) is 12.9. The van der Waals surface area contributed by atoms with Crippen LogP contribution in [-0.2, 0) is 85.5 Å². The third-order valence-corrected chi connectivity index (χ3v) is 18.6. The van der Waals surface area contributed by atoms with Crippen LogP contribution >= 0.6 is 0 Å². The van der Waals surface area contributed by atoms with Crippen LogP contribution < -0.4 is 16.0 Å². The molecule has 7 heterocycles. The van der Waals surface area contributed by atoms with Crippen LogP contribution in [0.25, 0.3) is 0 Å². The molecule has 0 aromatic carbocycles. The smallest absolute Gasteiger partial charge is 0.364 e. The summed E-state index contributed by atoms with van der Waals surface area (Å²) in [5.41, 5.74) is 0. The summed E-state index contributed by atoms with van der Waals surface area (Å²) in [6.07, 6.45) is -79.3. The number of nitrogens with one attached hydrogen (secondary N) is 3. The van der Waals surface area contributed by atoms with Gasteiger partial charge in [-0.25, -0.2) is 4.79 Å². The summed E-state index contributed by atoms with van der Waals surface area (Å²) < 4.78 is 80.8. The zero-order chi connectivity index (χ0) is 78.1. The molecule has 0 radical (unpaired) electrons. The van der Waals surface area contributed by atoms with Gasteiger partial charge in [-0.15, -0.1) is 0 Å². The first-order valence-corrected chi connectivity index (χ1v) is 32.9. The van der Waals surface area contributed by atoms with Crippen molar-refractivity contribution in [2.24, 2.45) is 0 Å². The van der Waals surface area contributed by atoms with Crippen molar-refractivity contribution in [1.82, 2.24) is 16.0 Å². The van der Waals surface area contributed by atoms with Crippen molar-refractivity contribution in [3.63, 3.8) is 0 Å². The molecule has 0 aromatic heterocycles. The van der Waals surface area contributed by atoms with Gasteiger partial charge >= 0.3 is 5.97 Å². The van der Waals surface area contributed by atoms with E-state index in [9.17, 15) is 157 Å². The van der Waals surface area contributed by atoms with Gasteiger partial charge in [-0.3, -0.25) is 14.4 Å². The second-order valence-electron chi connectivity index (χ2n) is 25.8. The molecule has 0 aromatic rings. The van der Waals surface area contributed by atoms with Gasteiger partial charge in [-0.2, -0.15) is 0 Å². The summed E-state index contributed by atoms with van der Waals surface area (Å²) in [5, 5.41) is 299. The maximum absolute atomic E-state index is 13.2. The van der Waals surface area contributed by atoms with E-state index in [4.69, 9.17) is 66.3 Å². The minimum atomic E-state index is -3.34. The number of amides is 3. The summed E-state index contributed by atoms with van der Waals surface area (Å²) in [4.78, 5) is 51.3. The maximum Gasteiger partial charge on any atom is 0.364 e. The van der Waals surface area contributed by atoms with E-state index < -0.39 is 341 Å². The van der Waals surface area contributed by atoms with Crippen molar-refractivity contribution in [3.05, 3.63) is 0 Å². The minimum absolute atomic E-state index is 0.870. The number of carbonyl (C=O) groups is 4. The van der Waals surface area contributed by atoms with E-state index in [1.165, 1.54) is 0 Å². The molecule has 0 spiro atoms. The monoisotopic (exact) mass is 1540 g/mol. The molecule has 48 nitrogen and oxygen atoms in total. The van der Waals surface area contributed by atoms with Crippen molar-refractivity contribution >= 4 is 23.7 Å². The fraction of sp³-hybridized carbons (Fsp3) is 0.930. The van der Waals surface area contributed by atoms with Gasteiger partial charge in [-0.05, 0) is 0 Å². The normalized spacial score (nSPS) is 44.4. The van der Waals surface area contributed by atoms with Gasteiger partial charge in [0.1, 0.15) is 196 Å². The Balaban J connectivity index is 1.16. The van der Waals surface area contributed by atoms with Crippen LogP contribution in [0.5, 0.6) is 0 Å². The van der Waals surface area contributed by atoms with Crippen molar-refractivity contribution in [3.8, 4) is 0 Å². The predicted octanol–water partition coefficient (Wildman–Crippen LogP) is -20.2. The Hall–Kier alpha value is -3.72. The van der Waals surface area contributed by atoms with Gasteiger partial charge < -0.3 is 220 Å². The van der Waals surface area contributed by atoms with Gasteiger partial charge in [0.05, 0.1) is 71.6 Å². The van der Waals surface area contributed by atoms with Crippen LogP contribution in [0, 0.1) is 0 Å². The molecule has 7 fully saturated rings. The van der Waals surface area contributed by atoms with Gasteiger partial charge in [0.15, 0.2) is 37.7 Å². The predicted molar refractivity (Wildman–Crippen MR) is 320 cm³/mol. The molecule has 7 rings (SSSR count). The fourth-order valence-electron chi connectivity index (χ4n) is 12.9. The van der Waals surface area contributed by atoms with Crippen LogP contribution in [0.3, 0.4) is 0 Å². The Kier molecular flexibility index (Phi) is 32.8. The summed E-state index contributed by atoms with van der Waals surface area (Å²) in [6.45, 7) is -9.92. The van der Waals surface area contributed by atoms with Crippen molar-refractivity contribution in [2.45, 2.75) is 265 Å². The number of carbonyl (C=O) groups excluding carboxylic acids is 3. The van der Waals surface area contributed by atoms with Gasteiger partial charge in [0.2, 0.25) is 17.7 Å². The van der Waals surface area contributed by atoms with E-state index in [1.807, 2.05) is 0 Å². The number of carboxylic acid groups (broad SMARTS) is 1. The van der Waals surface area contributed by atoms with Crippen LogP contribution in [0.1, 0.15) is 20.3 Å². The van der Waals surface area contributed by atoms with E-state index in [0.29, 0.717) is 0 Å². The number of carboxylic acids is 1. The quantitative estimate of drug-likeness (QED) is 0.0290. The molecular formula is C57H97N3O45. The Morgan fingerprint density at radius 2 is 0.838 bits per heavy atom. The molecule has 0 saturated carbocycles. The lowest BCUT2D eigenvalue weighted by molar-refractivity contribution is -0.389. The number of hydrogen-bond donors (Lipinski definition) is 30. The molecule has 7 aliphatic heterocycles. The SMILES string of the molecule is CC(=O)N[C@H]1[C@H](OC[C@H]2O[C@@H](O[C@@H]([C@H](O)[C@@H](O)CO)[C@H](O)CO)[C@H](O)[C@@H](O[C@@H]3O[C@H](CO)[C@@H](O[C@@H]4O[C@H](CO)[C@H](O)[C@H](O[C@]5(C(=O)O)C[C@H](O)[C@@H](NC(=O)CO)[C@H]([C@H](O)[C@H](O)CO)O5)[C@H]4O)[C@H](O)[C@H]3NC(C)=O)[C@H]2O)O[C@H](CO)[C@@H](O[C@@H]2O[C@H](CO)[C@H](O)[C@H](O[C@H]3O[C@H](CO)[C@H](O)[C@H](O)[C@H]3O)[C@H]2O)[C@@H]1O. The van der Waals surface area contributed by atoms with Gasteiger partial charge in [0.25, 0.3) is 5.79 Å². The van der Waals surface area contributed by atoms with E-state index in [2.05, 4.69) is 16.0 Å². The Labute approximate surface area is 592 Å². The summed E-state index contributed by atoms with van der Waals surface area (Å²) >= 11 is 0. The lowest BCUT2D eigenvalue weighted by atomic mass is 9.88. The third kappa shape index (κ3) is 20.0. The zero-order valence-corrected chi connectivity index (χ0v) is 55.7. The van der Waals surface area contributed by atoms with Crippen LogP contribution in [0.15, 0.2) is 0 Å². The molecule has 3 amide bonds. The third-order valence-electron chi connectivity index (χ3n) is 18.6. The molecule has 7 aliphatic rings. The Morgan fingerprint density at radius 3 is 1.31 bits per heavy atom. The standard InChI is InChI=1S/C57H97N3O45/c1-14(70)58-28-36(83)44(100-53-40(87)47(33(80)21(8-65)94-53)103-52-39(86)38(85)32(79)20(7-64)93-52)23(10-67)96-50(28)92-13-25-35(82)48(41(88)54(98-25)99-43(19(75)6-63)30(77)17(73)4-61)102-51-29(59-15(2)71)37(84)45(24(11-68)97-51)101-55-42(89)49(34(81)22(9-66)95-55)105-57(56(90)91)3-16(72)27(60-26(76)12-69)46(104-57)31(78)18(74)5-62/h16-25,27-55,61-69,72-75,77-89H,3-13H2,1-2H3,(H,58,70)(H,59,71)(H,60,76)(H,90,91)/t16-,17-,18+,19+,20+,21+,22+,23+,24+,25+,27+,28+,29+,30+,31+,32-,33-,34-,35-,36+,37+,38-,39+,40+,41+,42+,43+,44+,45+,46+,47-,48-,49-,50+,51-,52+,53-,54-,55-,57-/m0/s1. The van der Waals surface area contributed by atoms with Crippen LogP contribution in [0.4, 0.5) is 0 Å². The highest BCUT2D eigenvalue weighted by Crippen LogP contribution is 2.41. The van der Waals surface area contributed by atoms with Crippen molar-refractivity contribution < 1.29 is 223 Å². The van der Waals surface area contributed by atoms with Crippen molar-refractivity contribution in [1.29, 1.82) is 0 Å². The number of hydrogen-bond acceptors (Lipinski definition) is 44. The summed E-state index contributed by atoms with van der Waals surface area (Å²) in [6, 6.07) is -5.85. The summed E-state index contributed by atoms with van der Waals surface area (Å²) in [7, 11) is 0. The molecular weight excluding hydrogens is 1450 g/mol. The van der Waals surface area contributed by atoms with Crippen LogP contribution in [0.2, 0.25) is 0 Å². The molecule has 0 unspecified atom stereocenters. The van der Waals surface area contributed by atoms with E-state index >= 15 is 0 Å². The number of rotatable bonds is 33. The topological polar surface area (TPSA) is 780 Å². The van der Waals surface area contributed by atoms with E-state index in [-0.39, 0.29) is 0 Å². The molecule has 7 saturated heterocycles. The molecule has 48 heteroatoms. The van der Waals surface area contributed by atoms with Gasteiger partial charge in [-0.1, -0.05) is 0 Å². The molecule has 0 aliphatic carbocycles. The second kappa shape index (κ2) is 39.0. The average molecular weight is 1540 g/mol. The Bertz CT molecular complexity index is 2710. The lowest BCUT2D eigenvalue weighted by Crippen LogP contribution is -2.71. The number of ether oxygens (including phenoxy) is 14. The zero-order valence-electron chi connectivity index (χ0n) is 55.7. The highest BCUT2D eigenvalue weighted by Gasteiger charge is 2.62. The Morgan fingerprint density at radius 1 is 0.429 bits per heavy atom. The van der Waals surface area contributed by atoms with E-state index in [0.717, 1.165) is 13.8 Å². The van der Waals surface area contributed by atoms with Crippen LogP contribution in [-0.4, -0.2) is 472 Å². The maximum atomic E-state index is 13.2. The number of aliphatic carboxylic acids is 1. The molecule has 40 atom stereocenters. The number of aliphatic hydroxyl groups excluding tert-OH is 26. The second-order valence-corrected chi connectivity index (χ2v) is 25.8. The molecule has 30 N–H and O–H groups in total. The first-order chi connectivity index (χ1) is 49.5. The number of aliphatic hydroxyl groups is 26. The van der Waals surface area contributed by atoms with E-state index in [1.54, 1.807) is 0 Å². The van der Waals surface area contributed by atoms with Crippen molar-refractivity contribution in [2.75, 3.05) is 66.1 Å². The first kappa shape index (κ1) is 88.5. The average Bonchev–Trinajstić information content (AvgIpc) is 0.758.